The van der Waals surface area contributed by atoms with Crippen LogP contribution in [0.1, 0.15) is 41.3 Å². The summed E-state index contributed by atoms with van der Waals surface area (Å²) in [4.78, 5) is 34.4. The van der Waals surface area contributed by atoms with Crippen LogP contribution < -0.4 is 10.7 Å². The van der Waals surface area contributed by atoms with E-state index in [1.54, 1.807) is 26.0 Å². The Morgan fingerprint density at radius 2 is 1.75 bits per heavy atom. The van der Waals surface area contributed by atoms with Crippen molar-refractivity contribution >= 4 is 28.9 Å². The van der Waals surface area contributed by atoms with Gasteiger partial charge in [0.1, 0.15) is 0 Å². The Labute approximate surface area is 161 Å². The van der Waals surface area contributed by atoms with Crippen LogP contribution >= 0.6 is 0 Å². The van der Waals surface area contributed by atoms with E-state index in [0.717, 1.165) is 24.1 Å². The molecule has 144 valence electrons. The number of hydrazone groups is 1. The van der Waals surface area contributed by atoms with Crippen molar-refractivity contribution in [1.29, 1.82) is 0 Å². The second kappa shape index (κ2) is 7.99. The van der Waals surface area contributed by atoms with Gasteiger partial charge in [0.05, 0.1) is 10.6 Å². The zero-order chi connectivity index (χ0) is 20.3. The van der Waals surface area contributed by atoms with Crippen molar-refractivity contribution in [1.82, 2.24) is 5.43 Å². The number of hydrogen-bond acceptors (Lipinski definition) is 5. The molecule has 0 aromatic heterocycles. The van der Waals surface area contributed by atoms with Gasteiger partial charge in [-0.1, -0.05) is 12.1 Å². The number of nitrogens with one attached hydrogen (secondary N) is 2. The molecular formula is C20H20N4O4. The van der Waals surface area contributed by atoms with E-state index >= 15 is 0 Å². The second-order valence-corrected chi connectivity index (χ2v) is 6.74. The highest BCUT2D eigenvalue weighted by Gasteiger charge is 2.29. The minimum atomic E-state index is -0.490. The highest BCUT2D eigenvalue weighted by Crippen LogP contribution is 2.30. The van der Waals surface area contributed by atoms with Gasteiger partial charge in [-0.05, 0) is 56.5 Å². The molecule has 2 amide bonds. The largest absolute Gasteiger partial charge is 0.326 e. The summed E-state index contributed by atoms with van der Waals surface area (Å²) < 4.78 is 0. The first-order chi connectivity index (χ1) is 13.3. The maximum atomic E-state index is 12.2. The molecule has 8 heteroatoms. The normalized spacial score (nSPS) is 13.7. The van der Waals surface area contributed by atoms with Crippen molar-refractivity contribution in [2.24, 2.45) is 11.0 Å². The highest BCUT2D eigenvalue weighted by atomic mass is 16.6. The quantitative estimate of drug-likeness (QED) is 0.454. The lowest BCUT2D eigenvalue weighted by Gasteiger charge is -2.07. The molecule has 3 rings (SSSR count). The Kier molecular flexibility index (Phi) is 5.49. The second-order valence-electron chi connectivity index (χ2n) is 6.74. The first-order valence-electron chi connectivity index (χ1n) is 8.86. The fourth-order valence-corrected chi connectivity index (χ4v) is 2.65. The zero-order valence-corrected chi connectivity index (χ0v) is 15.6. The summed E-state index contributed by atoms with van der Waals surface area (Å²) in [5, 5.41) is 17.8. The number of rotatable bonds is 6. The molecule has 2 aromatic rings. The topological polar surface area (TPSA) is 114 Å². The van der Waals surface area contributed by atoms with E-state index in [1.165, 1.54) is 18.2 Å². The van der Waals surface area contributed by atoms with Crippen LogP contribution in [0.3, 0.4) is 0 Å². The number of nitro groups is 1. The van der Waals surface area contributed by atoms with Crippen molar-refractivity contribution in [2.75, 3.05) is 5.32 Å². The van der Waals surface area contributed by atoms with Crippen LogP contribution in [-0.2, 0) is 4.79 Å². The molecule has 1 aliphatic rings. The van der Waals surface area contributed by atoms with E-state index < -0.39 is 10.8 Å². The summed E-state index contributed by atoms with van der Waals surface area (Å²) in [6, 6.07) is 11.3. The number of nitro benzene ring substituents is 1. The molecule has 0 heterocycles. The lowest BCUT2D eigenvalue weighted by molar-refractivity contribution is -0.385. The van der Waals surface area contributed by atoms with E-state index in [2.05, 4.69) is 15.8 Å². The van der Waals surface area contributed by atoms with Crippen LogP contribution in [0.25, 0.3) is 0 Å². The molecule has 0 radical (unpaired) electrons. The molecule has 0 atom stereocenters. The maximum absolute atomic E-state index is 12.2. The number of aryl methyl sites for hydroxylation is 1. The molecular weight excluding hydrogens is 360 g/mol. The maximum Gasteiger partial charge on any atom is 0.272 e. The summed E-state index contributed by atoms with van der Waals surface area (Å²) in [5.74, 6) is -0.268. The predicted octanol–water partition coefficient (Wildman–Crippen LogP) is 3.41. The predicted molar refractivity (Wildman–Crippen MR) is 105 cm³/mol. The molecule has 0 aliphatic heterocycles. The summed E-state index contributed by atoms with van der Waals surface area (Å²) >= 11 is 0. The molecule has 28 heavy (non-hydrogen) atoms. The summed E-state index contributed by atoms with van der Waals surface area (Å²) in [6.07, 6.45) is 1.90. The summed E-state index contributed by atoms with van der Waals surface area (Å²) in [6.45, 7) is 3.33. The van der Waals surface area contributed by atoms with Gasteiger partial charge in [-0.25, -0.2) is 5.43 Å². The number of carbonyl (C=O) groups excluding carboxylic acids is 2. The average molecular weight is 380 g/mol. The molecule has 2 aromatic carbocycles. The van der Waals surface area contributed by atoms with Crippen LogP contribution in [-0.4, -0.2) is 22.4 Å². The monoisotopic (exact) mass is 380 g/mol. The van der Waals surface area contributed by atoms with Gasteiger partial charge in [0.25, 0.3) is 11.6 Å². The molecule has 1 fully saturated rings. The summed E-state index contributed by atoms with van der Waals surface area (Å²) in [7, 11) is 0. The number of benzene rings is 2. The van der Waals surface area contributed by atoms with Crippen molar-refractivity contribution in [3.8, 4) is 0 Å². The zero-order valence-electron chi connectivity index (χ0n) is 15.6. The van der Waals surface area contributed by atoms with E-state index in [-0.39, 0.29) is 23.1 Å². The average Bonchev–Trinajstić information content (AvgIpc) is 3.51. The van der Waals surface area contributed by atoms with Gasteiger partial charge in [-0.2, -0.15) is 5.10 Å². The number of hydrogen-bond donors (Lipinski definition) is 2. The molecule has 8 nitrogen and oxygen atoms in total. The van der Waals surface area contributed by atoms with Gasteiger partial charge in [0.2, 0.25) is 5.91 Å². The molecule has 0 unspecified atom stereocenters. The Morgan fingerprint density at radius 3 is 2.32 bits per heavy atom. The number of nitrogens with zero attached hydrogens (tertiary/aromatic N) is 2. The number of carbonyl (C=O) groups is 2. The van der Waals surface area contributed by atoms with Crippen molar-refractivity contribution in [3.63, 3.8) is 0 Å². The smallest absolute Gasteiger partial charge is 0.272 e. The Bertz CT molecular complexity index is 963. The third kappa shape index (κ3) is 4.59. The third-order valence-corrected chi connectivity index (χ3v) is 4.50. The number of amides is 2. The SMILES string of the molecule is C/C(=N/NC(=O)c1ccc([N+](=O)[O-])c(C)c1)c1ccc(NC(=O)C2CC2)cc1. The van der Waals surface area contributed by atoms with E-state index in [1.807, 2.05) is 12.1 Å². The van der Waals surface area contributed by atoms with Gasteiger partial charge >= 0.3 is 0 Å². The fraction of sp³-hybridized carbons (Fsp3) is 0.250. The van der Waals surface area contributed by atoms with Gasteiger partial charge in [-0.15, -0.1) is 0 Å². The van der Waals surface area contributed by atoms with E-state index in [9.17, 15) is 19.7 Å². The Hall–Kier alpha value is -3.55. The Morgan fingerprint density at radius 1 is 1.11 bits per heavy atom. The van der Waals surface area contributed by atoms with Crippen LogP contribution in [0.4, 0.5) is 11.4 Å². The van der Waals surface area contributed by atoms with Crippen molar-refractivity contribution < 1.29 is 14.5 Å². The van der Waals surface area contributed by atoms with Crippen LogP contribution in [0.15, 0.2) is 47.6 Å². The van der Waals surface area contributed by atoms with Crippen LogP contribution in [0, 0.1) is 23.0 Å². The summed E-state index contributed by atoms with van der Waals surface area (Å²) in [5.41, 5.74) is 5.22. The van der Waals surface area contributed by atoms with Gasteiger partial charge in [-0.3, -0.25) is 19.7 Å². The van der Waals surface area contributed by atoms with Gasteiger partial charge < -0.3 is 5.32 Å². The molecule has 0 saturated heterocycles. The lowest BCUT2D eigenvalue weighted by Crippen LogP contribution is -2.19. The van der Waals surface area contributed by atoms with Crippen LogP contribution in [0.5, 0.6) is 0 Å². The number of anilines is 1. The fourth-order valence-electron chi connectivity index (χ4n) is 2.65. The third-order valence-electron chi connectivity index (χ3n) is 4.50. The van der Waals surface area contributed by atoms with Gasteiger partial charge in [0.15, 0.2) is 0 Å². The minimum absolute atomic E-state index is 0.0369. The van der Waals surface area contributed by atoms with Crippen molar-refractivity contribution in [2.45, 2.75) is 26.7 Å². The molecule has 0 bridgehead atoms. The first-order valence-corrected chi connectivity index (χ1v) is 8.86. The molecule has 1 saturated carbocycles. The minimum Gasteiger partial charge on any atom is -0.326 e. The lowest BCUT2D eigenvalue weighted by atomic mass is 10.1. The van der Waals surface area contributed by atoms with E-state index in [0.29, 0.717) is 11.3 Å². The standard InChI is InChI=1S/C20H20N4O4/c1-12-11-16(7-10-18(12)24(27)28)20(26)23-22-13(2)14-5-8-17(9-6-14)21-19(25)15-3-4-15/h5-11,15H,3-4H2,1-2H3,(H,21,25)(H,23,26)/b22-13-. The van der Waals surface area contributed by atoms with Crippen molar-refractivity contribution in [3.05, 3.63) is 69.3 Å². The molecule has 2 N–H and O–H groups in total. The molecule has 0 spiro atoms. The van der Waals surface area contributed by atoms with Crippen LogP contribution in [0.2, 0.25) is 0 Å². The first kappa shape index (κ1) is 19.2. The highest BCUT2D eigenvalue weighted by molar-refractivity contribution is 6.01. The molecule has 1 aliphatic carbocycles. The van der Waals surface area contributed by atoms with E-state index in [4.69, 9.17) is 0 Å². The van der Waals surface area contributed by atoms with Gasteiger partial charge in [0, 0.05) is 28.8 Å². The Balaban J connectivity index is 1.63.